The monoisotopic (exact) mass is 383 g/mol. The molecule has 2 heterocycles. The van der Waals surface area contributed by atoms with Crippen molar-refractivity contribution in [3.63, 3.8) is 0 Å². The molecular formula is C21H19Cl2N3. The molecule has 0 aliphatic carbocycles. The fraction of sp³-hybridized carbons (Fsp3) is 0.143. The third kappa shape index (κ3) is 3.59. The van der Waals surface area contributed by atoms with E-state index in [1.165, 1.54) is 11.3 Å². The Morgan fingerprint density at radius 3 is 2.65 bits per heavy atom. The largest absolute Gasteiger partial charge is 0.379 e. The fourth-order valence-corrected chi connectivity index (χ4v) is 3.55. The molecule has 0 saturated heterocycles. The highest BCUT2D eigenvalue weighted by Gasteiger charge is 2.19. The first-order valence-corrected chi connectivity index (χ1v) is 9.42. The summed E-state index contributed by atoms with van der Waals surface area (Å²) in [5.74, 6) is 0.531. The van der Waals surface area contributed by atoms with E-state index in [-0.39, 0.29) is 0 Å². The van der Waals surface area contributed by atoms with Crippen molar-refractivity contribution in [1.29, 1.82) is 0 Å². The predicted octanol–water partition coefficient (Wildman–Crippen LogP) is 5.52. The first kappa shape index (κ1) is 17.1. The van der Waals surface area contributed by atoms with Crippen molar-refractivity contribution in [3.8, 4) is 0 Å². The second kappa shape index (κ2) is 7.48. The third-order valence-corrected chi connectivity index (χ3v) is 5.07. The summed E-state index contributed by atoms with van der Waals surface area (Å²) in [6.45, 7) is 1.53. The number of H-pyrrole nitrogens is 1. The van der Waals surface area contributed by atoms with Crippen LogP contribution in [0.5, 0.6) is 0 Å². The van der Waals surface area contributed by atoms with Gasteiger partial charge in [0.05, 0.1) is 12.2 Å². The van der Waals surface area contributed by atoms with E-state index in [1.807, 2.05) is 24.4 Å². The highest BCUT2D eigenvalue weighted by Crippen LogP contribution is 2.29. The maximum absolute atomic E-state index is 6.09. The lowest BCUT2D eigenvalue weighted by Gasteiger charge is -2.28. The molecule has 1 aliphatic rings. The first-order chi connectivity index (χ1) is 12.7. The fourth-order valence-electron chi connectivity index (χ4n) is 3.16. The lowest BCUT2D eigenvalue weighted by atomic mass is 10.1. The van der Waals surface area contributed by atoms with E-state index in [0.717, 1.165) is 40.6 Å². The summed E-state index contributed by atoms with van der Waals surface area (Å²) in [6, 6.07) is 18.4. The molecule has 1 aromatic heterocycles. The second-order valence-corrected chi connectivity index (χ2v) is 7.03. The Morgan fingerprint density at radius 1 is 1.04 bits per heavy atom. The summed E-state index contributed by atoms with van der Waals surface area (Å²) in [7, 11) is 0. The molecule has 2 N–H and O–H groups in total. The number of aromatic nitrogens is 1. The van der Waals surface area contributed by atoms with Crippen LogP contribution in [0.4, 0.5) is 5.69 Å². The summed E-state index contributed by atoms with van der Waals surface area (Å²) >= 11 is 12.0. The maximum Gasteiger partial charge on any atom is 0.0634 e. The average Bonchev–Trinajstić information content (AvgIpc) is 3.15. The molecule has 26 heavy (non-hydrogen) atoms. The molecule has 1 aliphatic heterocycles. The number of nitrogens with one attached hydrogen (secondary N) is 2. The van der Waals surface area contributed by atoms with Gasteiger partial charge in [0, 0.05) is 46.8 Å². The molecular weight excluding hydrogens is 365 g/mol. The molecule has 0 fully saturated rings. The van der Waals surface area contributed by atoms with Gasteiger partial charge < -0.3 is 15.2 Å². The van der Waals surface area contributed by atoms with Gasteiger partial charge in [-0.3, -0.25) is 0 Å². The number of alkyl halides is 1. The summed E-state index contributed by atoms with van der Waals surface area (Å²) < 4.78 is 0. The van der Waals surface area contributed by atoms with Crippen LogP contribution in [-0.4, -0.2) is 4.98 Å². The molecule has 4 rings (SSSR count). The number of halogens is 2. The molecule has 3 aromatic rings. The summed E-state index contributed by atoms with van der Waals surface area (Å²) in [5.41, 5.74) is 6.91. The molecule has 5 heteroatoms. The molecule has 0 bridgehead atoms. The van der Waals surface area contributed by atoms with Crippen molar-refractivity contribution >= 4 is 34.6 Å². The molecule has 132 valence electrons. The molecule has 0 atom stereocenters. The number of hydrogen-bond acceptors (Lipinski definition) is 2. The lowest BCUT2D eigenvalue weighted by molar-refractivity contribution is 0.845. The zero-order chi connectivity index (χ0) is 17.9. The molecule has 0 amide bonds. The minimum Gasteiger partial charge on any atom is -0.379 e. The summed E-state index contributed by atoms with van der Waals surface area (Å²) in [6.07, 6.45) is 4.15. The zero-order valence-corrected chi connectivity index (χ0v) is 15.7. The molecule has 0 spiro atoms. The van der Waals surface area contributed by atoms with Gasteiger partial charge in [-0.1, -0.05) is 35.9 Å². The van der Waals surface area contributed by atoms with E-state index in [4.69, 9.17) is 23.2 Å². The number of benzene rings is 2. The number of rotatable bonds is 5. The van der Waals surface area contributed by atoms with Crippen LogP contribution in [0.2, 0.25) is 5.02 Å². The first-order valence-electron chi connectivity index (χ1n) is 8.51. The Balaban J connectivity index is 1.58. The second-order valence-electron chi connectivity index (χ2n) is 6.32. The topological polar surface area (TPSA) is 31.1 Å². The highest BCUT2D eigenvalue weighted by molar-refractivity contribution is 6.30. The van der Waals surface area contributed by atoms with Gasteiger partial charge in [0.2, 0.25) is 0 Å². The van der Waals surface area contributed by atoms with Crippen LogP contribution in [0.25, 0.3) is 5.70 Å². The number of hydrogen-bond donors (Lipinski definition) is 2. The number of nitrogens with zero attached hydrogens (tertiary/aromatic N) is 1. The van der Waals surface area contributed by atoms with Crippen LogP contribution in [0.15, 0.2) is 67.0 Å². The summed E-state index contributed by atoms with van der Waals surface area (Å²) in [5, 5.41) is 4.30. The van der Waals surface area contributed by atoms with E-state index in [0.29, 0.717) is 5.88 Å². The van der Waals surface area contributed by atoms with Gasteiger partial charge in [-0.15, -0.1) is 11.6 Å². The van der Waals surface area contributed by atoms with Gasteiger partial charge in [-0.25, -0.2) is 0 Å². The van der Waals surface area contributed by atoms with Crippen LogP contribution in [0.1, 0.15) is 22.4 Å². The molecule has 0 saturated carbocycles. The smallest absolute Gasteiger partial charge is 0.0634 e. The van der Waals surface area contributed by atoms with Gasteiger partial charge in [0.15, 0.2) is 0 Å². The minimum atomic E-state index is 0.531. The maximum atomic E-state index is 6.09. The molecule has 2 aromatic carbocycles. The molecule has 3 nitrogen and oxygen atoms in total. The van der Waals surface area contributed by atoms with Crippen molar-refractivity contribution in [2.24, 2.45) is 0 Å². The van der Waals surface area contributed by atoms with Gasteiger partial charge >= 0.3 is 0 Å². The van der Waals surface area contributed by atoms with E-state index in [9.17, 15) is 0 Å². The predicted molar refractivity (Wildman–Crippen MR) is 109 cm³/mol. The Kier molecular flexibility index (Phi) is 4.91. The van der Waals surface area contributed by atoms with E-state index >= 15 is 0 Å². The average molecular weight is 384 g/mol. The van der Waals surface area contributed by atoms with E-state index < -0.39 is 0 Å². The van der Waals surface area contributed by atoms with Crippen molar-refractivity contribution in [2.75, 3.05) is 4.90 Å². The lowest BCUT2D eigenvalue weighted by Crippen LogP contribution is -2.25. The van der Waals surface area contributed by atoms with Crippen LogP contribution in [0, 0.1) is 0 Å². The van der Waals surface area contributed by atoms with Crippen molar-refractivity contribution in [3.05, 3.63) is 94.4 Å². The van der Waals surface area contributed by atoms with Gasteiger partial charge in [-0.05, 0) is 41.5 Å². The molecule has 0 unspecified atom stereocenters. The normalized spacial score (nSPS) is 13.3. The van der Waals surface area contributed by atoms with Crippen LogP contribution >= 0.6 is 23.2 Å². The van der Waals surface area contributed by atoms with Crippen molar-refractivity contribution in [2.45, 2.75) is 19.0 Å². The Bertz CT molecular complexity index is 928. The Morgan fingerprint density at radius 2 is 1.88 bits per heavy atom. The minimum absolute atomic E-state index is 0.531. The highest BCUT2D eigenvalue weighted by atomic mass is 35.5. The van der Waals surface area contributed by atoms with Crippen molar-refractivity contribution in [1.82, 2.24) is 10.3 Å². The zero-order valence-electron chi connectivity index (χ0n) is 14.2. The standard InChI is InChI=1S/C21H19Cl2N3/c22-11-15-4-6-18(7-5-15)26-13-20-19(8-9-24-20)21(14-26)25-12-16-2-1-3-17(23)10-16/h1-10,14,24-25H,11-13H2. The SMILES string of the molecule is ClCc1ccc(N2C=C(NCc3cccc(Cl)c3)c3cc[nH]c3C2)cc1. The summed E-state index contributed by atoms with van der Waals surface area (Å²) in [4.78, 5) is 5.59. The third-order valence-electron chi connectivity index (χ3n) is 4.53. The Labute approximate surface area is 163 Å². The number of anilines is 1. The van der Waals surface area contributed by atoms with Crippen molar-refractivity contribution < 1.29 is 0 Å². The van der Waals surface area contributed by atoms with Gasteiger partial charge in [0.1, 0.15) is 0 Å². The quantitative estimate of drug-likeness (QED) is 0.568. The van der Waals surface area contributed by atoms with Crippen LogP contribution in [-0.2, 0) is 19.0 Å². The van der Waals surface area contributed by atoms with Crippen LogP contribution in [0.3, 0.4) is 0 Å². The number of fused-ring (bicyclic) bond motifs is 1. The molecule has 0 radical (unpaired) electrons. The van der Waals surface area contributed by atoms with E-state index in [2.05, 4.69) is 57.8 Å². The number of aromatic amines is 1. The van der Waals surface area contributed by atoms with Gasteiger partial charge in [0.25, 0.3) is 0 Å². The Hall–Kier alpha value is -2.36. The van der Waals surface area contributed by atoms with Gasteiger partial charge in [-0.2, -0.15) is 0 Å². The van der Waals surface area contributed by atoms with Crippen LogP contribution < -0.4 is 10.2 Å². The van der Waals surface area contributed by atoms with E-state index in [1.54, 1.807) is 0 Å².